The summed E-state index contributed by atoms with van der Waals surface area (Å²) in [5.74, 6) is 0.107. The number of nitrogens with zero attached hydrogens (tertiary/aromatic N) is 1. The van der Waals surface area contributed by atoms with Gasteiger partial charge in [0.05, 0.1) is 5.69 Å². The van der Waals surface area contributed by atoms with Gasteiger partial charge in [-0.1, -0.05) is 48.5 Å². The summed E-state index contributed by atoms with van der Waals surface area (Å²) in [7, 11) is 0. The molecule has 0 aliphatic heterocycles. The normalized spacial score (nSPS) is 11.4. The van der Waals surface area contributed by atoms with E-state index in [2.05, 4.69) is 4.99 Å². The number of para-hydroxylation sites is 1. The molecule has 2 nitrogen and oxygen atoms in total. The molecule has 0 amide bonds. The summed E-state index contributed by atoms with van der Waals surface area (Å²) in [6, 6.07) is 17.3. The van der Waals surface area contributed by atoms with Gasteiger partial charge < -0.3 is 0 Å². The zero-order valence-corrected chi connectivity index (χ0v) is 11.3. The van der Waals surface area contributed by atoms with Gasteiger partial charge in [0.2, 0.25) is 0 Å². The fraction of sp³-hybridized carbons (Fsp3) is 0.176. The quantitative estimate of drug-likeness (QED) is 0.586. The molecule has 19 heavy (non-hydrogen) atoms. The van der Waals surface area contributed by atoms with Crippen molar-refractivity contribution in [3.63, 3.8) is 0 Å². The summed E-state index contributed by atoms with van der Waals surface area (Å²) in [6.45, 7) is 3.92. The average molecular weight is 251 g/mol. The van der Waals surface area contributed by atoms with Crippen LogP contribution in [0.5, 0.6) is 0 Å². The smallest absolute Gasteiger partial charge is 0.168 e. The fourth-order valence-electron chi connectivity index (χ4n) is 1.89. The molecule has 0 radical (unpaired) electrons. The van der Waals surface area contributed by atoms with Crippen molar-refractivity contribution in [1.82, 2.24) is 0 Å². The van der Waals surface area contributed by atoms with Gasteiger partial charge in [-0.3, -0.25) is 9.79 Å². The molecular weight excluding hydrogens is 234 g/mol. The lowest BCUT2D eigenvalue weighted by Crippen LogP contribution is -2.04. The van der Waals surface area contributed by atoms with Gasteiger partial charge in [0.25, 0.3) is 0 Å². The van der Waals surface area contributed by atoms with Gasteiger partial charge in [-0.05, 0) is 25.5 Å². The second-order valence-corrected chi connectivity index (χ2v) is 4.60. The number of ketones is 1. The van der Waals surface area contributed by atoms with Gasteiger partial charge in [0, 0.05) is 17.7 Å². The summed E-state index contributed by atoms with van der Waals surface area (Å²) < 4.78 is 0. The van der Waals surface area contributed by atoms with Crippen LogP contribution in [0.15, 0.2) is 59.6 Å². The minimum absolute atomic E-state index is 0.107. The number of Topliss-reactive ketones (excluding diaryl/α,β-unsaturated/α-hetero) is 1. The highest BCUT2D eigenvalue weighted by molar-refractivity contribution is 6.09. The maximum atomic E-state index is 12.0. The van der Waals surface area contributed by atoms with E-state index in [4.69, 9.17) is 0 Å². The van der Waals surface area contributed by atoms with E-state index in [9.17, 15) is 4.79 Å². The van der Waals surface area contributed by atoms with E-state index in [1.165, 1.54) is 0 Å². The van der Waals surface area contributed by atoms with Gasteiger partial charge in [-0.15, -0.1) is 0 Å². The lowest BCUT2D eigenvalue weighted by atomic mass is 10.1. The van der Waals surface area contributed by atoms with Gasteiger partial charge >= 0.3 is 0 Å². The van der Waals surface area contributed by atoms with E-state index in [-0.39, 0.29) is 5.78 Å². The molecule has 2 aromatic rings. The molecule has 0 aliphatic rings. The van der Waals surface area contributed by atoms with Crippen LogP contribution in [0.4, 0.5) is 5.69 Å². The number of aryl methyl sites for hydroxylation is 1. The van der Waals surface area contributed by atoms with Crippen molar-refractivity contribution in [2.75, 3.05) is 0 Å². The number of aliphatic imine (C=N–C) groups is 1. The first-order chi connectivity index (χ1) is 9.16. The van der Waals surface area contributed by atoms with E-state index in [1.807, 2.05) is 68.4 Å². The lowest BCUT2D eigenvalue weighted by Gasteiger charge is -2.03. The molecule has 0 aromatic heterocycles. The second kappa shape index (κ2) is 6.10. The van der Waals surface area contributed by atoms with Crippen LogP contribution < -0.4 is 0 Å². The molecule has 0 saturated carbocycles. The summed E-state index contributed by atoms with van der Waals surface area (Å²) in [4.78, 5) is 16.6. The van der Waals surface area contributed by atoms with Crippen LogP contribution in [0.3, 0.4) is 0 Å². The van der Waals surface area contributed by atoms with Gasteiger partial charge in [0.15, 0.2) is 5.78 Å². The molecule has 2 aromatic carbocycles. The van der Waals surface area contributed by atoms with E-state index in [0.29, 0.717) is 6.42 Å². The molecule has 0 aliphatic carbocycles. The molecule has 0 spiro atoms. The van der Waals surface area contributed by atoms with Crippen LogP contribution in [-0.4, -0.2) is 11.5 Å². The number of hydrogen-bond acceptors (Lipinski definition) is 2. The summed E-state index contributed by atoms with van der Waals surface area (Å²) in [5, 5.41) is 0. The van der Waals surface area contributed by atoms with Crippen LogP contribution in [-0.2, 0) is 0 Å². The van der Waals surface area contributed by atoms with Crippen molar-refractivity contribution in [3.8, 4) is 0 Å². The number of carbonyl (C=O) groups is 1. The lowest BCUT2D eigenvalue weighted by molar-refractivity contribution is 0.100. The number of carbonyl (C=O) groups excluding carboxylic acids is 1. The predicted octanol–water partition coefficient (Wildman–Crippen LogP) is 4.36. The molecule has 2 rings (SSSR count). The molecule has 96 valence electrons. The van der Waals surface area contributed by atoms with E-state index < -0.39 is 0 Å². The van der Waals surface area contributed by atoms with Gasteiger partial charge in [0.1, 0.15) is 0 Å². The topological polar surface area (TPSA) is 29.4 Å². The van der Waals surface area contributed by atoms with Crippen molar-refractivity contribution in [2.24, 2.45) is 4.99 Å². The molecule has 0 heterocycles. The third-order valence-corrected chi connectivity index (χ3v) is 2.94. The van der Waals surface area contributed by atoms with Crippen molar-refractivity contribution in [1.29, 1.82) is 0 Å². The van der Waals surface area contributed by atoms with E-state index in [0.717, 1.165) is 22.5 Å². The monoisotopic (exact) mass is 251 g/mol. The van der Waals surface area contributed by atoms with Crippen LogP contribution in [0, 0.1) is 6.92 Å². The molecule has 0 fully saturated rings. The Morgan fingerprint density at radius 3 is 2.32 bits per heavy atom. The minimum Gasteiger partial charge on any atom is -0.294 e. The first-order valence-corrected chi connectivity index (χ1v) is 6.35. The number of rotatable bonds is 4. The molecule has 0 unspecified atom stereocenters. The Bertz CT molecular complexity index is 600. The Labute approximate surface area is 113 Å². The van der Waals surface area contributed by atoms with Crippen molar-refractivity contribution in [2.45, 2.75) is 20.3 Å². The Kier molecular flexibility index (Phi) is 4.24. The van der Waals surface area contributed by atoms with Crippen LogP contribution >= 0.6 is 0 Å². The molecule has 0 saturated heterocycles. The van der Waals surface area contributed by atoms with Crippen LogP contribution in [0.25, 0.3) is 0 Å². The summed E-state index contributed by atoms with van der Waals surface area (Å²) in [5.41, 5.74) is 3.62. The average Bonchev–Trinajstić information content (AvgIpc) is 2.42. The largest absolute Gasteiger partial charge is 0.294 e. The Balaban J connectivity index is 2.12. The van der Waals surface area contributed by atoms with Crippen LogP contribution in [0.2, 0.25) is 0 Å². The third kappa shape index (κ3) is 3.62. The highest BCUT2D eigenvalue weighted by Crippen LogP contribution is 2.18. The maximum absolute atomic E-state index is 12.0. The zero-order chi connectivity index (χ0) is 13.7. The van der Waals surface area contributed by atoms with E-state index in [1.54, 1.807) is 0 Å². The molecule has 2 heteroatoms. The van der Waals surface area contributed by atoms with E-state index >= 15 is 0 Å². The number of benzene rings is 2. The summed E-state index contributed by atoms with van der Waals surface area (Å²) in [6.07, 6.45) is 0.359. The Morgan fingerprint density at radius 1 is 1.00 bits per heavy atom. The zero-order valence-electron chi connectivity index (χ0n) is 11.3. The Morgan fingerprint density at radius 2 is 1.63 bits per heavy atom. The van der Waals surface area contributed by atoms with Crippen molar-refractivity contribution < 1.29 is 4.79 Å². The molecular formula is C17H17NO. The highest BCUT2D eigenvalue weighted by Gasteiger charge is 2.07. The third-order valence-electron chi connectivity index (χ3n) is 2.94. The first-order valence-electron chi connectivity index (χ1n) is 6.35. The first kappa shape index (κ1) is 13.2. The van der Waals surface area contributed by atoms with Crippen LogP contribution in [0.1, 0.15) is 29.3 Å². The number of hydrogen-bond donors (Lipinski definition) is 0. The SMILES string of the molecule is CC(CC(=O)c1ccccc1)=Nc1ccccc1C. The standard InChI is InChI=1S/C17H17NO/c1-13-8-6-7-11-16(13)18-14(2)12-17(19)15-9-4-3-5-10-15/h3-11H,12H2,1-2H3. The second-order valence-electron chi connectivity index (χ2n) is 4.60. The maximum Gasteiger partial charge on any atom is 0.168 e. The Hall–Kier alpha value is -2.22. The molecule has 0 N–H and O–H groups in total. The fourth-order valence-corrected chi connectivity index (χ4v) is 1.89. The van der Waals surface area contributed by atoms with Crippen molar-refractivity contribution in [3.05, 3.63) is 65.7 Å². The van der Waals surface area contributed by atoms with Gasteiger partial charge in [-0.25, -0.2) is 0 Å². The molecule has 0 atom stereocenters. The highest BCUT2D eigenvalue weighted by atomic mass is 16.1. The predicted molar refractivity (Wildman–Crippen MR) is 79.3 cm³/mol. The molecule has 0 bridgehead atoms. The minimum atomic E-state index is 0.107. The van der Waals surface area contributed by atoms with Crippen molar-refractivity contribution >= 4 is 17.2 Å². The van der Waals surface area contributed by atoms with Gasteiger partial charge in [-0.2, -0.15) is 0 Å². The summed E-state index contributed by atoms with van der Waals surface area (Å²) >= 11 is 0.